The number of ether oxygens (including phenoxy) is 1. The molecule has 0 amide bonds. The van der Waals surface area contributed by atoms with E-state index in [1.54, 1.807) is 7.11 Å². The molecule has 1 aromatic carbocycles. The molecule has 0 bridgehead atoms. The first-order valence-electron chi connectivity index (χ1n) is 12.5. The van der Waals surface area contributed by atoms with Crippen LogP contribution in [0.5, 0.6) is 5.75 Å². The Morgan fingerprint density at radius 3 is 2.21 bits per heavy atom. The first kappa shape index (κ1) is 27.6. The topological polar surface area (TPSA) is 43.4 Å². The van der Waals surface area contributed by atoms with Crippen molar-refractivity contribution in [2.75, 3.05) is 7.11 Å². The van der Waals surface area contributed by atoms with Crippen LogP contribution in [-0.4, -0.2) is 18.7 Å². The standard InChI is InChI=1S/C31H42O3/c1-10-21(7)25(16-12-19(3)4)29(32)27-22(8)14-15-24-18-23(11-2)31(34-9)26(17-13-20(5)6)28(24)30(27)33/h12-13,18H,10-11,14-17H2,1-9H3/b25-21+. The number of carbonyl (C=O) groups is 2. The largest absolute Gasteiger partial charge is 0.496 e. The lowest BCUT2D eigenvalue weighted by atomic mass is 9.85. The van der Waals surface area contributed by atoms with E-state index in [-0.39, 0.29) is 11.6 Å². The van der Waals surface area contributed by atoms with Gasteiger partial charge in [0.2, 0.25) is 0 Å². The predicted molar refractivity (Wildman–Crippen MR) is 143 cm³/mol. The number of fused-ring (bicyclic) bond motifs is 1. The first-order valence-corrected chi connectivity index (χ1v) is 12.5. The van der Waals surface area contributed by atoms with E-state index < -0.39 is 0 Å². The zero-order valence-corrected chi connectivity index (χ0v) is 22.7. The maximum Gasteiger partial charge on any atom is 0.197 e. The summed E-state index contributed by atoms with van der Waals surface area (Å²) in [5.41, 5.74) is 9.11. The molecule has 0 N–H and O–H groups in total. The van der Waals surface area contributed by atoms with Gasteiger partial charge in [0.15, 0.2) is 11.6 Å². The van der Waals surface area contributed by atoms with E-state index in [2.05, 4.69) is 45.9 Å². The van der Waals surface area contributed by atoms with Gasteiger partial charge in [-0.25, -0.2) is 0 Å². The Kier molecular flexibility index (Phi) is 9.85. The van der Waals surface area contributed by atoms with Gasteiger partial charge >= 0.3 is 0 Å². The second-order valence-electron chi connectivity index (χ2n) is 9.83. The molecule has 0 spiro atoms. The van der Waals surface area contributed by atoms with E-state index >= 15 is 0 Å². The molecule has 184 valence electrons. The summed E-state index contributed by atoms with van der Waals surface area (Å²) in [6.07, 6.45) is 8.46. The molecule has 0 aliphatic heterocycles. The summed E-state index contributed by atoms with van der Waals surface area (Å²) in [6, 6.07) is 2.12. The number of hydrogen-bond acceptors (Lipinski definition) is 3. The van der Waals surface area contributed by atoms with Crippen molar-refractivity contribution < 1.29 is 14.3 Å². The molecule has 1 aliphatic carbocycles. The summed E-state index contributed by atoms with van der Waals surface area (Å²) < 4.78 is 5.85. The van der Waals surface area contributed by atoms with Gasteiger partial charge in [0.05, 0.1) is 12.7 Å². The number of ketones is 2. The Bertz CT molecular complexity index is 1080. The van der Waals surface area contributed by atoms with Crippen molar-refractivity contribution >= 4 is 11.6 Å². The van der Waals surface area contributed by atoms with Crippen molar-refractivity contribution in [2.24, 2.45) is 0 Å². The molecule has 3 heteroatoms. The minimum Gasteiger partial charge on any atom is -0.496 e. The number of carbonyl (C=O) groups excluding carboxylic acids is 2. The lowest BCUT2D eigenvalue weighted by Crippen LogP contribution is -2.20. The van der Waals surface area contributed by atoms with Crippen LogP contribution in [0.25, 0.3) is 0 Å². The number of aryl methyl sites for hydroxylation is 2. The normalized spacial score (nSPS) is 14.2. The zero-order valence-electron chi connectivity index (χ0n) is 22.7. The van der Waals surface area contributed by atoms with Gasteiger partial charge in [-0.1, -0.05) is 54.4 Å². The smallest absolute Gasteiger partial charge is 0.197 e. The summed E-state index contributed by atoms with van der Waals surface area (Å²) in [4.78, 5) is 28.1. The average Bonchev–Trinajstić information content (AvgIpc) is 2.91. The molecule has 0 aromatic heterocycles. The molecule has 34 heavy (non-hydrogen) atoms. The van der Waals surface area contributed by atoms with E-state index in [9.17, 15) is 9.59 Å². The van der Waals surface area contributed by atoms with E-state index in [0.717, 1.165) is 58.4 Å². The molecule has 0 fully saturated rings. The number of methoxy groups -OCH3 is 1. The van der Waals surface area contributed by atoms with Gasteiger partial charge in [0, 0.05) is 16.7 Å². The maximum atomic E-state index is 14.2. The lowest BCUT2D eigenvalue weighted by molar-refractivity contribution is -0.112. The maximum absolute atomic E-state index is 14.2. The summed E-state index contributed by atoms with van der Waals surface area (Å²) in [5.74, 6) is 0.522. The Morgan fingerprint density at radius 2 is 1.68 bits per heavy atom. The van der Waals surface area contributed by atoms with Crippen LogP contribution < -0.4 is 4.74 Å². The number of benzene rings is 1. The van der Waals surface area contributed by atoms with E-state index in [0.29, 0.717) is 30.4 Å². The third kappa shape index (κ3) is 6.05. The van der Waals surface area contributed by atoms with Crippen LogP contribution in [0.4, 0.5) is 0 Å². The Balaban J connectivity index is 2.77. The SMILES string of the molecule is CC/C(C)=C(\CC=C(C)C)C(=O)C1=C(C)CCc2cc(CC)c(OC)c(CC=C(C)C)c2C1=O. The van der Waals surface area contributed by atoms with Crippen LogP contribution in [0, 0.1) is 0 Å². The molecule has 0 heterocycles. The Hall–Kier alpha value is -2.68. The summed E-state index contributed by atoms with van der Waals surface area (Å²) in [7, 11) is 1.67. The molecule has 1 aromatic rings. The third-order valence-electron chi connectivity index (χ3n) is 6.75. The number of rotatable bonds is 9. The zero-order chi connectivity index (χ0) is 25.6. The van der Waals surface area contributed by atoms with E-state index in [4.69, 9.17) is 4.74 Å². The minimum atomic E-state index is -0.147. The fourth-order valence-electron chi connectivity index (χ4n) is 4.54. The van der Waals surface area contributed by atoms with Gasteiger partial charge in [-0.15, -0.1) is 0 Å². The van der Waals surface area contributed by atoms with Gasteiger partial charge < -0.3 is 4.74 Å². The summed E-state index contributed by atoms with van der Waals surface area (Å²) in [5, 5.41) is 0. The third-order valence-corrected chi connectivity index (χ3v) is 6.75. The number of Topliss-reactive ketones (excluding diaryl/α,β-unsaturated/α-hetero) is 2. The van der Waals surface area contributed by atoms with Crippen molar-refractivity contribution in [1.29, 1.82) is 0 Å². The molecule has 2 rings (SSSR count). The molecular formula is C31H42O3. The number of hydrogen-bond donors (Lipinski definition) is 0. The fraction of sp³-hybridized carbons (Fsp3) is 0.484. The number of allylic oxidation sites excluding steroid dienone is 8. The molecule has 0 radical (unpaired) electrons. The second-order valence-corrected chi connectivity index (χ2v) is 9.83. The molecule has 1 aliphatic rings. The van der Waals surface area contributed by atoms with Crippen molar-refractivity contribution in [3.8, 4) is 5.75 Å². The van der Waals surface area contributed by atoms with E-state index in [1.807, 2.05) is 27.7 Å². The summed E-state index contributed by atoms with van der Waals surface area (Å²) in [6.45, 7) is 16.3. The molecule has 0 saturated heterocycles. The Labute approximate surface area is 206 Å². The van der Waals surface area contributed by atoms with Crippen LogP contribution >= 0.6 is 0 Å². The Morgan fingerprint density at radius 1 is 1.03 bits per heavy atom. The van der Waals surface area contributed by atoms with Crippen LogP contribution in [0.15, 0.2) is 51.7 Å². The van der Waals surface area contributed by atoms with Crippen LogP contribution in [0.3, 0.4) is 0 Å². The minimum absolute atomic E-state index is 0.112. The molecule has 0 unspecified atom stereocenters. The molecule has 3 nitrogen and oxygen atoms in total. The van der Waals surface area contributed by atoms with Crippen LogP contribution in [0.1, 0.15) is 102 Å². The lowest BCUT2D eigenvalue weighted by Gasteiger charge is -2.20. The summed E-state index contributed by atoms with van der Waals surface area (Å²) >= 11 is 0. The quantitative estimate of drug-likeness (QED) is 0.213. The first-order chi connectivity index (χ1) is 16.1. The van der Waals surface area contributed by atoms with Crippen molar-refractivity contribution in [1.82, 2.24) is 0 Å². The van der Waals surface area contributed by atoms with Gasteiger partial charge in [0.1, 0.15) is 5.75 Å². The van der Waals surface area contributed by atoms with Gasteiger partial charge in [-0.2, -0.15) is 0 Å². The van der Waals surface area contributed by atoms with Crippen molar-refractivity contribution in [3.63, 3.8) is 0 Å². The second kappa shape index (κ2) is 12.1. The van der Waals surface area contributed by atoms with Crippen molar-refractivity contribution in [2.45, 2.75) is 93.9 Å². The molecular weight excluding hydrogens is 420 g/mol. The van der Waals surface area contributed by atoms with Crippen LogP contribution in [-0.2, 0) is 24.1 Å². The van der Waals surface area contributed by atoms with Gasteiger partial charge in [0.25, 0.3) is 0 Å². The average molecular weight is 463 g/mol. The van der Waals surface area contributed by atoms with Crippen LogP contribution in [0.2, 0.25) is 0 Å². The van der Waals surface area contributed by atoms with Crippen molar-refractivity contribution in [3.05, 3.63) is 73.9 Å². The predicted octanol–water partition coefficient (Wildman–Crippen LogP) is 7.86. The highest BCUT2D eigenvalue weighted by Crippen LogP contribution is 2.37. The fourth-order valence-corrected chi connectivity index (χ4v) is 4.54. The monoisotopic (exact) mass is 462 g/mol. The van der Waals surface area contributed by atoms with E-state index in [1.165, 1.54) is 11.1 Å². The highest BCUT2D eigenvalue weighted by Gasteiger charge is 2.32. The highest BCUT2D eigenvalue weighted by atomic mass is 16.5. The highest BCUT2D eigenvalue weighted by molar-refractivity contribution is 6.32. The van der Waals surface area contributed by atoms with Gasteiger partial charge in [-0.3, -0.25) is 9.59 Å². The van der Waals surface area contributed by atoms with Gasteiger partial charge in [-0.05, 0) is 91.2 Å². The molecule has 0 atom stereocenters. The molecule has 0 saturated carbocycles.